The van der Waals surface area contributed by atoms with Crippen LogP contribution in [0.1, 0.15) is 6.92 Å². The summed E-state index contributed by atoms with van der Waals surface area (Å²) in [6.07, 6.45) is 0. The van der Waals surface area contributed by atoms with Crippen molar-refractivity contribution in [3.8, 4) is 0 Å². The zero-order chi connectivity index (χ0) is 9.35. The number of halogens is 2. The number of alkyl halides is 2. The van der Waals surface area contributed by atoms with Gasteiger partial charge in [0, 0.05) is 6.92 Å². The lowest BCUT2D eigenvalue weighted by Crippen LogP contribution is -2.06. The standard InChI is InChI=1S/C7H10F2O3/c1-4(11)12-3-6-5(2-10)7(6,8)9/h5-6,10H,2-3H2,1H3/t5-,6+/m1/s1. The first-order valence-electron chi connectivity index (χ1n) is 3.62. The van der Waals surface area contributed by atoms with Crippen LogP contribution in [0.3, 0.4) is 0 Å². The summed E-state index contributed by atoms with van der Waals surface area (Å²) >= 11 is 0. The van der Waals surface area contributed by atoms with Gasteiger partial charge < -0.3 is 9.84 Å². The van der Waals surface area contributed by atoms with Crippen molar-refractivity contribution in [1.29, 1.82) is 0 Å². The Kier molecular flexibility index (Phi) is 2.32. The van der Waals surface area contributed by atoms with E-state index in [0.717, 1.165) is 6.92 Å². The fourth-order valence-corrected chi connectivity index (χ4v) is 1.14. The van der Waals surface area contributed by atoms with Crippen LogP contribution in [0.5, 0.6) is 0 Å². The smallest absolute Gasteiger partial charge is 0.302 e. The van der Waals surface area contributed by atoms with Crippen LogP contribution in [0.2, 0.25) is 0 Å². The topological polar surface area (TPSA) is 46.5 Å². The first-order valence-corrected chi connectivity index (χ1v) is 3.62. The minimum absolute atomic E-state index is 0.298. The van der Waals surface area contributed by atoms with Crippen LogP contribution < -0.4 is 0 Å². The Labute approximate surface area is 68.3 Å². The van der Waals surface area contributed by atoms with E-state index in [1.54, 1.807) is 0 Å². The third kappa shape index (κ3) is 1.55. The van der Waals surface area contributed by atoms with Crippen molar-refractivity contribution in [3.63, 3.8) is 0 Å². The predicted octanol–water partition coefficient (Wildman–Crippen LogP) is 0.423. The normalized spacial score (nSPS) is 31.3. The maximum atomic E-state index is 12.6. The van der Waals surface area contributed by atoms with Crippen molar-refractivity contribution in [3.05, 3.63) is 0 Å². The monoisotopic (exact) mass is 180 g/mol. The van der Waals surface area contributed by atoms with Crippen LogP contribution in [0.15, 0.2) is 0 Å². The first-order chi connectivity index (χ1) is 5.50. The quantitative estimate of drug-likeness (QED) is 0.640. The molecule has 0 saturated heterocycles. The Balaban J connectivity index is 2.32. The molecule has 0 heterocycles. The molecule has 0 amide bonds. The van der Waals surface area contributed by atoms with Crippen molar-refractivity contribution < 1.29 is 23.4 Å². The van der Waals surface area contributed by atoms with Crippen LogP contribution in [-0.4, -0.2) is 30.2 Å². The Hall–Kier alpha value is -0.710. The number of rotatable bonds is 3. The second kappa shape index (κ2) is 2.97. The molecule has 1 rings (SSSR count). The van der Waals surface area contributed by atoms with Gasteiger partial charge in [-0.25, -0.2) is 8.78 Å². The van der Waals surface area contributed by atoms with Gasteiger partial charge in [0.2, 0.25) is 0 Å². The molecule has 0 bridgehead atoms. The Morgan fingerprint density at radius 3 is 2.50 bits per heavy atom. The molecule has 0 aromatic carbocycles. The molecule has 5 heteroatoms. The number of aliphatic hydroxyl groups excluding tert-OH is 1. The highest BCUT2D eigenvalue weighted by atomic mass is 19.3. The Morgan fingerprint density at radius 1 is 1.58 bits per heavy atom. The molecule has 1 aliphatic rings. The largest absolute Gasteiger partial charge is 0.465 e. The number of ether oxygens (including phenoxy) is 1. The number of aliphatic hydroxyl groups is 1. The summed E-state index contributed by atoms with van der Waals surface area (Å²) in [7, 11) is 0. The fourth-order valence-electron chi connectivity index (χ4n) is 1.14. The van der Waals surface area contributed by atoms with Crippen LogP contribution in [0, 0.1) is 11.8 Å². The molecule has 0 aromatic heterocycles. The Morgan fingerprint density at radius 2 is 2.17 bits per heavy atom. The van der Waals surface area contributed by atoms with Crippen molar-refractivity contribution in [2.75, 3.05) is 13.2 Å². The second-order valence-electron chi connectivity index (χ2n) is 2.87. The highest BCUT2D eigenvalue weighted by Gasteiger charge is 2.68. The SMILES string of the molecule is CC(=O)OC[C@H]1[C@@H](CO)C1(F)F. The summed E-state index contributed by atoms with van der Waals surface area (Å²) < 4.78 is 29.5. The molecule has 3 nitrogen and oxygen atoms in total. The summed E-state index contributed by atoms with van der Waals surface area (Å²) in [4.78, 5) is 10.3. The van der Waals surface area contributed by atoms with Crippen LogP contribution in [0.25, 0.3) is 0 Å². The number of hydrogen-bond acceptors (Lipinski definition) is 3. The minimum Gasteiger partial charge on any atom is -0.465 e. The fraction of sp³-hybridized carbons (Fsp3) is 0.857. The molecule has 12 heavy (non-hydrogen) atoms. The molecule has 70 valence electrons. The maximum Gasteiger partial charge on any atom is 0.302 e. The number of carbonyl (C=O) groups excluding carboxylic acids is 1. The highest BCUT2D eigenvalue weighted by molar-refractivity contribution is 5.65. The van der Waals surface area contributed by atoms with E-state index in [9.17, 15) is 13.6 Å². The van der Waals surface area contributed by atoms with E-state index in [4.69, 9.17) is 5.11 Å². The average molecular weight is 180 g/mol. The van der Waals surface area contributed by atoms with E-state index in [2.05, 4.69) is 4.74 Å². The zero-order valence-corrected chi connectivity index (χ0v) is 6.59. The van der Waals surface area contributed by atoms with Gasteiger partial charge in [0.05, 0.1) is 18.4 Å². The van der Waals surface area contributed by atoms with Crippen molar-refractivity contribution >= 4 is 5.97 Å². The van der Waals surface area contributed by atoms with Gasteiger partial charge in [-0.1, -0.05) is 0 Å². The van der Waals surface area contributed by atoms with E-state index in [-0.39, 0.29) is 6.61 Å². The Bertz CT molecular complexity index is 193. The second-order valence-corrected chi connectivity index (χ2v) is 2.87. The summed E-state index contributed by atoms with van der Waals surface area (Å²) in [5, 5.41) is 8.46. The lowest BCUT2D eigenvalue weighted by molar-refractivity contribution is -0.142. The van der Waals surface area contributed by atoms with Gasteiger partial charge in [-0.2, -0.15) is 0 Å². The van der Waals surface area contributed by atoms with Crippen molar-refractivity contribution in [1.82, 2.24) is 0 Å². The number of esters is 1. The molecule has 0 unspecified atom stereocenters. The van der Waals surface area contributed by atoms with E-state index >= 15 is 0 Å². The molecule has 1 aliphatic carbocycles. The van der Waals surface area contributed by atoms with Gasteiger partial charge in [0.25, 0.3) is 5.92 Å². The van der Waals surface area contributed by atoms with Gasteiger partial charge in [-0.15, -0.1) is 0 Å². The number of carbonyl (C=O) groups is 1. The van der Waals surface area contributed by atoms with Crippen molar-refractivity contribution in [2.24, 2.45) is 11.8 Å². The van der Waals surface area contributed by atoms with Crippen LogP contribution in [0.4, 0.5) is 8.78 Å². The lowest BCUT2D eigenvalue weighted by atomic mass is 10.3. The van der Waals surface area contributed by atoms with Gasteiger partial charge in [-0.3, -0.25) is 4.79 Å². The minimum atomic E-state index is -2.86. The molecule has 1 fully saturated rings. The van der Waals surface area contributed by atoms with Gasteiger partial charge in [0.15, 0.2) is 0 Å². The van der Waals surface area contributed by atoms with Crippen LogP contribution in [-0.2, 0) is 9.53 Å². The average Bonchev–Trinajstić information content (AvgIpc) is 2.48. The number of hydrogen-bond donors (Lipinski definition) is 1. The van der Waals surface area contributed by atoms with E-state index < -0.39 is 30.3 Å². The first kappa shape index (κ1) is 9.38. The summed E-state index contributed by atoms with van der Waals surface area (Å²) in [6.45, 7) is 0.307. The lowest BCUT2D eigenvalue weighted by Gasteiger charge is -1.98. The van der Waals surface area contributed by atoms with Gasteiger partial charge in [0.1, 0.15) is 6.61 Å². The molecular weight excluding hydrogens is 170 g/mol. The van der Waals surface area contributed by atoms with E-state index in [0.29, 0.717) is 0 Å². The third-order valence-electron chi connectivity index (χ3n) is 2.03. The molecule has 2 atom stereocenters. The van der Waals surface area contributed by atoms with Crippen molar-refractivity contribution in [2.45, 2.75) is 12.8 Å². The van der Waals surface area contributed by atoms with Gasteiger partial charge >= 0.3 is 5.97 Å². The third-order valence-corrected chi connectivity index (χ3v) is 2.03. The van der Waals surface area contributed by atoms with Crippen LogP contribution >= 0.6 is 0 Å². The molecule has 0 radical (unpaired) electrons. The molecular formula is C7H10F2O3. The molecule has 0 spiro atoms. The molecule has 0 aromatic rings. The highest BCUT2D eigenvalue weighted by Crippen LogP contribution is 2.54. The molecule has 1 N–H and O–H groups in total. The maximum absolute atomic E-state index is 12.6. The van der Waals surface area contributed by atoms with E-state index in [1.165, 1.54) is 0 Å². The summed E-state index contributed by atoms with van der Waals surface area (Å²) in [5.74, 6) is -5.46. The summed E-state index contributed by atoms with van der Waals surface area (Å²) in [5.41, 5.74) is 0. The predicted molar refractivity (Wildman–Crippen MR) is 35.6 cm³/mol. The molecule has 0 aliphatic heterocycles. The van der Waals surface area contributed by atoms with Gasteiger partial charge in [-0.05, 0) is 0 Å². The summed E-state index contributed by atoms with van der Waals surface area (Å²) in [6, 6.07) is 0. The van der Waals surface area contributed by atoms with E-state index in [1.807, 2.05) is 0 Å². The molecule has 1 saturated carbocycles. The zero-order valence-electron chi connectivity index (χ0n) is 6.59.